The molecule has 0 radical (unpaired) electrons. The number of aryl methyl sites for hydroxylation is 1. The molecule has 1 atom stereocenters. The van der Waals surface area contributed by atoms with E-state index in [-0.39, 0.29) is 0 Å². The first-order valence-electron chi connectivity index (χ1n) is 6.87. The lowest BCUT2D eigenvalue weighted by Gasteiger charge is -2.18. The Morgan fingerprint density at radius 2 is 2.22 bits per heavy atom. The molecule has 1 aliphatic heterocycles. The van der Waals surface area contributed by atoms with Gasteiger partial charge in [-0.15, -0.1) is 0 Å². The third-order valence-corrected chi connectivity index (χ3v) is 4.05. The quantitative estimate of drug-likeness (QED) is 0.794. The van der Waals surface area contributed by atoms with E-state index in [1.54, 1.807) is 0 Å². The molecule has 1 fully saturated rings. The summed E-state index contributed by atoms with van der Waals surface area (Å²) in [4.78, 5) is 7.05. The Morgan fingerprint density at radius 1 is 1.33 bits per heavy atom. The van der Waals surface area contributed by atoms with Crippen LogP contribution in [-0.2, 0) is 0 Å². The minimum atomic E-state index is 0.859. The highest BCUT2D eigenvalue weighted by molar-refractivity contribution is 5.82. The van der Waals surface area contributed by atoms with E-state index >= 15 is 0 Å². The number of rotatable bonds is 2. The van der Waals surface area contributed by atoms with Gasteiger partial charge in [0.15, 0.2) is 0 Å². The van der Waals surface area contributed by atoms with Gasteiger partial charge < -0.3 is 4.90 Å². The number of fused-ring (bicyclic) bond motifs is 1. The number of nitrogens with zero attached hydrogens (tertiary/aromatic N) is 2. The highest BCUT2D eigenvalue weighted by Crippen LogP contribution is 2.27. The van der Waals surface area contributed by atoms with Crippen molar-refractivity contribution in [3.05, 3.63) is 36.0 Å². The van der Waals surface area contributed by atoms with Crippen LogP contribution in [0, 0.1) is 12.8 Å². The van der Waals surface area contributed by atoms with Crippen molar-refractivity contribution < 1.29 is 0 Å². The van der Waals surface area contributed by atoms with Crippen molar-refractivity contribution in [1.29, 1.82) is 0 Å². The number of hydrogen-bond acceptors (Lipinski definition) is 2. The van der Waals surface area contributed by atoms with Gasteiger partial charge in [-0.25, -0.2) is 0 Å². The van der Waals surface area contributed by atoms with Gasteiger partial charge in [-0.1, -0.05) is 25.0 Å². The first-order chi connectivity index (χ1) is 8.76. The Kier molecular flexibility index (Phi) is 2.94. The second-order valence-electron chi connectivity index (χ2n) is 5.40. The lowest BCUT2D eigenvalue weighted by Crippen LogP contribution is -2.19. The summed E-state index contributed by atoms with van der Waals surface area (Å²) in [5.74, 6) is 0.859. The van der Waals surface area contributed by atoms with Crippen LogP contribution in [0.5, 0.6) is 0 Å². The van der Waals surface area contributed by atoms with Gasteiger partial charge in [0.2, 0.25) is 0 Å². The zero-order valence-corrected chi connectivity index (χ0v) is 11.2. The minimum Gasteiger partial charge on any atom is -0.370 e. The summed E-state index contributed by atoms with van der Waals surface area (Å²) in [6, 6.07) is 8.73. The van der Waals surface area contributed by atoms with Crippen LogP contribution in [0.25, 0.3) is 10.9 Å². The van der Waals surface area contributed by atoms with Crippen LogP contribution in [0.1, 0.15) is 25.3 Å². The van der Waals surface area contributed by atoms with Gasteiger partial charge in [0.1, 0.15) is 0 Å². The normalized spacial score (nSPS) is 19.7. The van der Waals surface area contributed by atoms with E-state index in [9.17, 15) is 0 Å². The molecule has 0 bridgehead atoms. The summed E-state index contributed by atoms with van der Waals surface area (Å²) >= 11 is 0. The van der Waals surface area contributed by atoms with Crippen molar-refractivity contribution in [3.63, 3.8) is 0 Å². The standard InChI is InChI=1S/C16H20N2/c1-3-13-6-7-18(11-13)15-9-14-8-12(2)4-5-16(14)17-10-15/h4-5,8-10,13H,3,6-7,11H2,1-2H3. The maximum absolute atomic E-state index is 4.58. The molecular weight excluding hydrogens is 220 g/mol. The molecule has 1 aliphatic rings. The van der Waals surface area contributed by atoms with Gasteiger partial charge in [0.25, 0.3) is 0 Å². The Balaban J connectivity index is 1.93. The number of anilines is 1. The molecule has 2 aromatic rings. The Hall–Kier alpha value is -1.57. The van der Waals surface area contributed by atoms with Gasteiger partial charge in [-0.05, 0) is 37.5 Å². The van der Waals surface area contributed by atoms with E-state index < -0.39 is 0 Å². The number of pyridine rings is 1. The summed E-state index contributed by atoms with van der Waals surface area (Å²) < 4.78 is 0. The smallest absolute Gasteiger partial charge is 0.0703 e. The molecule has 2 heterocycles. The summed E-state index contributed by atoms with van der Waals surface area (Å²) in [7, 11) is 0. The largest absolute Gasteiger partial charge is 0.370 e. The topological polar surface area (TPSA) is 16.1 Å². The zero-order valence-electron chi connectivity index (χ0n) is 11.2. The van der Waals surface area contributed by atoms with Crippen molar-refractivity contribution in [3.8, 4) is 0 Å². The van der Waals surface area contributed by atoms with Crippen LogP contribution < -0.4 is 4.90 Å². The molecule has 1 unspecified atom stereocenters. The average molecular weight is 240 g/mol. The molecule has 0 amide bonds. The number of hydrogen-bond donors (Lipinski definition) is 0. The molecule has 0 N–H and O–H groups in total. The van der Waals surface area contributed by atoms with Crippen LogP contribution >= 0.6 is 0 Å². The number of benzene rings is 1. The molecule has 2 nitrogen and oxygen atoms in total. The van der Waals surface area contributed by atoms with Crippen LogP contribution in [0.2, 0.25) is 0 Å². The summed E-state index contributed by atoms with van der Waals surface area (Å²) in [5.41, 5.74) is 3.67. The third-order valence-electron chi connectivity index (χ3n) is 4.05. The van der Waals surface area contributed by atoms with Crippen molar-refractivity contribution >= 4 is 16.6 Å². The van der Waals surface area contributed by atoms with E-state index in [0.29, 0.717) is 0 Å². The van der Waals surface area contributed by atoms with Gasteiger partial charge in [-0.3, -0.25) is 4.98 Å². The van der Waals surface area contributed by atoms with Gasteiger partial charge in [-0.2, -0.15) is 0 Å². The molecule has 0 spiro atoms. The van der Waals surface area contributed by atoms with Gasteiger partial charge in [0, 0.05) is 18.5 Å². The van der Waals surface area contributed by atoms with E-state index in [1.165, 1.54) is 42.6 Å². The summed E-state index contributed by atoms with van der Waals surface area (Å²) in [6.45, 7) is 6.79. The molecule has 1 aromatic carbocycles. The lowest BCUT2D eigenvalue weighted by atomic mass is 10.1. The van der Waals surface area contributed by atoms with Crippen molar-refractivity contribution in [2.75, 3.05) is 18.0 Å². The highest BCUT2D eigenvalue weighted by Gasteiger charge is 2.21. The fourth-order valence-electron chi connectivity index (χ4n) is 2.81. The Bertz CT molecular complexity index is 562. The maximum Gasteiger partial charge on any atom is 0.0703 e. The van der Waals surface area contributed by atoms with E-state index in [1.807, 2.05) is 6.20 Å². The second kappa shape index (κ2) is 4.60. The first-order valence-corrected chi connectivity index (χ1v) is 6.87. The predicted octanol–water partition coefficient (Wildman–Crippen LogP) is 3.78. The zero-order chi connectivity index (χ0) is 12.5. The van der Waals surface area contributed by atoms with Crippen molar-refractivity contribution in [1.82, 2.24) is 4.98 Å². The van der Waals surface area contributed by atoms with E-state index in [0.717, 1.165) is 11.4 Å². The average Bonchev–Trinajstić information content (AvgIpc) is 2.86. The van der Waals surface area contributed by atoms with E-state index in [4.69, 9.17) is 0 Å². The summed E-state index contributed by atoms with van der Waals surface area (Å²) in [5, 5.41) is 1.26. The minimum absolute atomic E-state index is 0.859. The fourth-order valence-corrected chi connectivity index (χ4v) is 2.81. The lowest BCUT2D eigenvalue weighted by molar-refractivity contribution is 0.569. The highest BCUT2D eigenvalue weighted by atomic mass is 15.2. The van der Waals surface area contributed by atoms with Crippen molar-refractivity contribution in [2.45, 2.75) is 26.7 Å². The van der Waals surface area contributed by atoms with Gasteiger partial charge in [0.05, 0.1) is 17.4 Å². The molecule has 18 heavy (non-hydrogen) atoms. The van der Waals surface area contributed by atoms with Crippen LogP contribution in [0.15, 0.2) is 30.5 Å². The molecule has 0 aliphatic carbocycles. The SMILES string of the molecule is CCC1CCN(c2cnc3ccc(C)cc3c2)C1. The first kappa shape index (κ1) is 11.5. The monoisotopic (exact) mass is 240 g/mol. The number of aromatic nitrogens is 1. The van der Waals surface area contributed by atoms with Crippen LogP contribution in [0.4, 0.5) is 5.69 Å². The predicted molar refractivity (Wildman–Crippen MR) is 77.1 cm³/mol. The maximum atomic E-state index is 4.58. The second-order valence-corrected chi connectivity index (χ2v) is 5.40. The third kappa shape index (κ3) is 2.07. The van der Waals surface area contributed by atoms with Crippen LogP contribution in [-0.4, -0.2) is 18.1 Å². The molecule has 2 heteroatoms. The molecule has 3 rings (SSSR count). The fraction of sp³-hybridized carbons (Fsp3) is 0.438. The molecule has 1 saturated heterocycles. The van der Waals surface area contributed by atoms with Crippen molar-refractivity contribution in [2.24, 2.45) is 5.92 Å². The molecule has 94 valence electrons. The molecule has 0 saturated carbocycles. The molecular formula is C16H20N2. The summed E-state index contributed by atoms with van der Waals surface area (Å²) in [6.07, 6.45) is 4.63. The Labute approximate surface area is 109 Å². The van der Waals surface area contributed by atoms with Crippen LogP contribution in [0.3, 0.4) is 0 Å². The Morgan fingerprint density at radius 3 is 3.00 bits per heavy atom. The van der Waals surface area contributed by atoms with E-state index in [2.05, 4.69) is 48.0 Å². The molecule has 1 aromatic heterocycles. The van der Waals surface area contributed by atoms with Gasteiger partial charge >= 0.3 is 0 Å².